The molecule has 0 aliphatic rings. The second-order valence-electron chi connectivity index (χ2n) is 7.84. The summed E-state index contributed by atoms with van der Waals surface area (Å²) in [5.41, 5.74) is -0.851. The Morgan fingerprint density at radius 2 is 1.85 bits per heavy atom. The molecule has 0 aliphatic carbocycles. The van der Waals surface area contributed by atoms with Gasteiger partial charge in [-0.25, -0.2) is 4.68 Å². The van der Waals surface area contributed by atoms with Gasteiger partial charge in [-0.2, -0.15) is 18.3 Å². The van der Waals surface area contributed by atoms with Crippen LogP contribution in [0.1, 0.15) is 45.8 Å². The lowest BCUT2D eigenvalue weighted by molar-refractivity contribution is -0.143. The summed E-state index contributed by atoms with van der Waals surface area (Å²) in [6, 6.07) is 7.06. The van der Waals surface area contributed by atoms with Gasteiger partial charge in [0.05, 0.1) is 18.9 Å². The molecule has 0 radical (unpaired) electrons. The molecule has 0 unspecified atom stereocenters. The van der Waals surface area contributed by atoms with Gasteiger partial charge in [0.1, 0.15) is 0 Å². The molecule has 0 fully saturated rings. The Morgan fingerprint density at radius 1 is 1.12 bits per heavy atom. The van der Waals surface area contributed by atoms with Crippen LogP contribution in [0, 0.1) is 12.8 Å². The standard InChI is InChI=1S/C22H23F3N6O3/c1-12(2)10-26-20(32)14-5-6-16(13(3)9-14)28-21(33)15-11-27-31(19(15)22(23,24)25)17-7-8-18(34-4)30-29-17/h5-9,11-12H,10H2,1-4H3,(H,26,32)(H,28,33). The number of hydrogen-bond donors (Lipinski definition) is 2. The van der Waals surface area contributed by atoms with Gasteiger partial charge < -0.3 is 15.4 Å². The molecule has 0 aliphatic heterocycles. The van der Waals surface area contributed by atoms with Crippen LogP contribution in [0.4, 0.5) is 18.9 Å². The third-order valence-corrected chi connectivity index (χ3v) is 4.74. The fourth-order valence-electron chi connectivity index (χ4n) is 3.03. The molecule has 34 heavy (non-hydrogen) atoms. The highest BCUT2D eigenvalue weighted by Crippen LogP contribution is 2.34. The van der Waals surface area contributed by atoms with Gasteiger partial charge in [-0.05, 0) is 42.7 Å². The van der Waals surface area contributed by atoms with E-state index in [1.807, 2.05) is 13.8 Å². The Labute approximate surface area is 193 Å². The quantitative estimate of drug-likeness (QED) is 0.539. The summed E-state index contributed by atoms with van der Waals surface area (Å²) in [5.74, 6) is -1.15. The van der Waals surface area contributed by atoms with E-state index in [1.54, 1.807) is 13.0 Å². The number of nitrogens with one attached hydrogen (secondary N) is 2. The number of benzene rings is 1. The van der Waals surface area contributed by atoms with Crippen LogP contribution < -0.4 is 15.4 Å². The van der Waals surface area contributed by atoms with E-state index in [2.05, 4.69) is 25.9 Å². The maximum atomic E-state index is 13.9. The van der Waals surface area contributed by atoms with Crippen molar-refractivity contribution in [3.8, 4) is 11.7 Å². The normalized spacial score (nSPS) is 11.4. The zero-order valence-corrected chi connectivity index (χ0v) is 18.9. The minimum absolute atomic E-state index is 0.110. The van der Waals surface area contributed by atoms with Crippen molar-refractivity contribution in [3.63, 3.8) is 0 Å². The molecule has 2 N–H and O–H groups in total. The van der Waals surface area contributed by atoms with Gasteiger partial charge in [-0.3, -0.25) is 9.59 Å². The third kappa shape index (κ3) is 5.50. The first kappa shape index (κ1) is 24.7. The second-order valence-corrected chi connectivity index (χ2v) is 7.84. The molecule has 9 nitrogen and oxygen atoms in total. The van der Waals surface area contributed by atoms with Crippen molar-refractivity contribution < 1.29 is 27.5 Å². The molecular formula is C22H23F3N6O3. The number of aromatic nitrogens is 4. The number of carbonyl (C=O) groups excluding carboxylic acids is 2. The monoisotopic (exact) mass is 476 g/mol. The van der Waals surface area contributed by atoms with Crippen molar-refractivity contribution >= 4 is 17.5 Å². The summed E-state index contributed by atoms with van der Waals surface area (Å²) in [6.45, 7) is 6.06. The SMILES string of the molecule is COc1ccc(-n2ncc(C(=O)Nc3ccc(C(=O)NCC(C)C)cc3C)c2C(F)(F)F)nn1. The zero-order chi connectivity index (χ0) is 25.0. The van der Waals surface area contributed by atoms with E-state index in [-0.39, 0.29) is 29.2 Å². The van der Waals surface area contributed by atoms with Crippen molar-refractivity contribution in [1.29, 1.82) is 0 Å². The number of amides is 2. The molecule has 2 amide bonds. The zero-order valence-electron chi connectivity index (χ0n) is 18.9. The van der Waals surface area contributed by atoms with Crippen LogP contribution in [-0.2, 0) is 6.18 Å². The van der Waals surface area contributed by atoms with Gasteiger partial charge >= 0.3 is 6.18 Å². The number of hydrogen-bond acceptors (Lipinski definition) is 6. The Bertz CT molecular complexity index is 1190. The lowest BCUT2D eigenvalue weighted by atomic mass is 10.1. The average Bonchev–Trinajstić information content (AvgIpc) is 3.25. The molecule has 0 saturated heterocycles. The number of anilines is 1. The van der Waals surface area contributed by atoms with E-state index >= 15 is 0 Å². The fourth-order valence-corrected chi connectivity index (χ4v) is 3.03. The third-order valence-electron chi connectivity index (χ3n) is 4.74. The molecule has 1 aromatic carbocycles. The van der Waals surface area contributed by atoms with Crippen LogP contribution in [0.2, 0.25) is 0 Å². The summed E-state index contributed by atoms with van der Waals surface area (Å²) in [4.78, 5) is 25.0. The highest BCUT2D eigenvalue weighted by molar-refractivity contribution is 6.06. The van der Waals surface area contributed by atoms with Crippen molar-refractivity contribution in [2.75, 3.05) is 19.0 Å². The summed E-state index contributed by atoms with van der Waals surface area (Å²) in [7, 11) is 1.34. The Morgan fingerprint density at radius 3 is 2.41 bits per heavy atom. The van der Waals surface area contributed by atoms with Crippen molar-refractivity contribution in [1.82, 2.24) is 25.3 Å². The molecule has 2 heterocycles. The summed E-state index contributed by atoms with van der Waals surface area (Å²) >= 11 is 0. The largest absolute Gasteiger partial charge is 0.480 e. The molecule has 0 spiro atoms. The van der Waals surface area contributed by atoms with Gasteiger partial charge in [0.2, 0.25) is 5.88 Å². The van der Waals surface area contributed by atoms with Gasteiger partial charge in [0.25, 0.3) is 11.8 Å². The van der Waals surface area contributed by atoms with Gasteiger partial charge in [0.15, 0.2) is 11.5 Å². The number of rotatable bonds is 7. The Balaban J connectivity index is 1.87. The first-order valence-electron chi connectivity index (χ1n) is 10.2. The molecule has 0 atom stereocenters. The summed E-state index contributed by atoms with van der Waals surface area (Å²) < 4.78 is 46.9. The molecule has 2 aromatic heterocycles. The fraction of sp³-hybridized carbons (Fsp3) is 0.318. The van der Waals surface area contributed by atoms with Gasteiger partial charge in [-0.15, -0.1) is 10.2 Å². The van der Waals surface area contributed by atoms with Crippen LogP contribution in [0.15, 0.2) is 36.5 Å². The number of alkyl halides is 3. The Kier molecular flexibility index (Phi) is 7.18. The highest BCUT2D eigenvalue weighted by Gasteiger charge is 2.41. The summed E-state index contributed by atoms with van der Waals surface area (Å²) in [6.07, 6.45) is -4.09. The van der Waals surface area contributed by atoms with Crippen molar-refractivity contribution in [2.45, 2.75) is 26.9 Å². The first-order valence-corrected chi connectivity index (χ1v) is 10.2. The van der Waals surface area contributed by atoms with Crippen molar-refractivity contribution in [3.05, 3.63) is 58.9 Å². The van der Waals surface area contributed by atoms with Crippen LogP contribution in [0.5, 0.6) is 5.88 Å². The maximum Gasteiger partial charge on any atom is 0.434 e. The predicted octanol–water partition coefficient (Wildman–Crippen LogP) is 3.64. The second kappa shape index (κ2) is 9.89. The number of nitrogens with zero attached hydrogens (tertiary/aromatic N) is 4. The minimum atomic E-state index is -4.90. The Hall–Kier alpha value is -3.96. The number of carbonyl (C=O) groups is 2. The van der Waals surface area contributed by atoms with E-state index < -0.39 is 23.3 Å². The lowest BCUT2D eigenvalue weighted by Gasteiger charge is -2.13. The predicted molar refractivity (Wildman–Crippen MR) is 117 cm³/mol. The summed E-state index contributed by atoms with van der Waals surface area (Å²) in [5, 5.41) is 16.3. The number of aryl methyl sites for hydroxylation is 1. The molecular weight excluding hydrogens is 453 g/mol. The highest BCUT2D eigenvalue weighted by atomic mass is 19.4. The first-order chi connectivity index (χ1) is 16.0. The molecule has 0 bridgehead atoms. The molecule has 180 valence electrons. The van der Waals surface area contributed by atoms with Crippen LogP contribution in [0.25, 0.3) is 5.82 Å². The van der Waals surface area contributed by atoms with E-state index in [0.717, 1.165) is 6.20 Å². The van der Waals surface area contributed by atoms with E-state index in [0.29, 0.717) is 22.4 Å². The van der Waals surface area contributed by atoms with Crippen LogP contribution >= 0.6 is 0 Å². The average molecular weight is 476 g/mol. The van der Waals surface area contributed by atoms with Crippen LogP contribution in [0.3, 0.4) is 0 Å². The lowest BCUT2D eigenvalue weighted by Crippen LogP contribution is -2.27. The minimum Gasteiger partial charge on any atom is -0.480 e. The smallest absolute Gasteiger partial charge is 0.434 e. The van der Waals surface area contributed by atoms with Crippen molar-refractivity contribution in [2.24, 2.45) is 5.92 Å². The van der Waals surface area contributed by atoms with E-state index in [4.69, 9.17) is 4.74 Å². The molecule has 0 saturated carbocycles. The van der Waals surface area contributed by atoms with Gasteiger partial charge in [-0.1, -0.05) is 13.8 Å². The molecule has 3 rings (SSSR count). The topological polar surface area (TPSA) is 111 Å². The maximum absolute atomic E-state index is 13.9. The van der Waals surface area contributed by atoms with Crippen LogP contribution in [-0.4, -0.2) is 45.4 Å². The number of halogens is 3. The molecule has 12 heteroatoms. The van der Waals surface area contributed by atoms with E-state index in [9.17, 15) is 22.8 Å². The van der Waals surface area contributed by atoms with E-state index in [1.165, 1.54) is 31.4 Å². The molecule has 3 aromatic rings. The number of methoxy groups -OCH3 is 1. The van der Waals surface area contributed by atoms with Gasteiger partial charge in [0, 0.05) is 23.9 Å². The number of ether oxygens (including phenoxy) is 1.